The molecule has 3 heterocycles. The van der Waals surface area contributed by atoms with Crippen LogP contribution < -0.4 is 5.32 Å². The number of hydrogen-bond acceptors (Lipinski definition) is 2. The quantitative estimate of drug-likeness (QED) is 0.935. The van der Waals surface area contributed by atoms with Gasteiger partial charge in [-0.05, 0) is 43.5 Å². The van der Waals surface area contributed by atoms with Gasteiger partial charge >= 0.3 is 6.03 Å². The molecule has 0 radical (unpaired) electrons. The van der Waals surface area contributed by atoms with Crippen LogP contribution in [0.4, 0.5) is 4.79 Å². The van der Waals surface area contributed by atoms with Gasteiger partial charge in [0, 0.05) is 31.2 Å². The van der Waals surface area contributed by atoms with Crippen molar-refractivity contribution in [2.45, 2.75) is 46.3 Å². The Labute approximate surface area is 143 Å². The van der Waals surface area contributed by atoms with E-state index < -0.39 is 0 Å². The molecule has 0 fully saturated rings. The first-order chi connectivity index (χ1) is 11.5. The lowest BCUT2D eigenvalue weighted by Crippen LogP contribution is -2.48. The van der Waals surface area contributed by atoms with Crippen LogP contribution in [0.3, 0.4) is 0 Å². The van der Waals surface area contributed by atoms with Crippen molar-refractivity contribution in [3.63, 3.8) is 0 Å². The molecule has 0 spiro atoms. The molecule has 1 aliphatic heterocycles. The summed E-state index contributed by atoms with van der Waals surface area (Å²) in [5.74, 6) is 0.270. The van der Waals surface area contributed by atoms with Gasteiger partial charge in [0.25, 0.3) is 0 Å². The summed E-state index contributed by atoms with van der Waals surface area (Å²) in [4.78, 5) is 19.3. The Bertz CT molecular complexity index is 722. The van der Waals surface area contributed by atoms with E-state index in [-0.39, 0.29) is 24.0 Å². The fourth-order valence-electron chi connectivity index (χ4n) is 3.45. The minimum Gasteiger partial charge on any atom is -0.348 e. The van der Waals surface area contributed by atoms with E-state index in [4.69, 9.17) is 0 Å². The largest absolute Gasteiger partial charge is 0.348 e. The Hall–Kier alpha value is -2.30. The smallest absolute Gasteiger partial charge is 0.318 e. The molecule has 1 aliphatic rings. The lowest BCUT2D eigenvalue weighted by molar-refractivity contribution is 0.155. The van der Waals surface area contributed by atoms with Gasteiger partial charge in [0.15, 0.2) is 0 Å². The first kappa shape index (κ1) is 16.6. The van der Waals surface area contributed by atoms with Crippen LogP contribution in [0.25, 0.3) is 0 Å². The van der Waals surface area contributed by atoms with Crippen LogP contribution in [0.5, 0.6) is 0 Å². The van der Waals surface area contributed by atoms with E-state index in [1.807, 2.05) is 30.0 Å². The molecule has 3 rings (SSSR count). The maximum Gasteiger partial charge on any atom is 0.318 e. The van der Waals surface area contributed by atoms with Crippen LogP contribution in [0.15, 0.2) is 36.7 Å². The number of amides is 2. The second-order valence-corrected chi connectivity index (χ2v) is 6.87. The molecule has 5 heteroatoms. The summed E-state index contributed by atoms with van der Waals surface area (Å²) in [7, 11) is 0. The van der Waals surface area contributed by atoms with E-state index in [0.717, 1.165) is 24.3 Å². The standard InChI is InChI=1S/C19H26N4O/c1-13(2)17(18-14(3)7-5-9-20-18)21-19(24)23-12-11-22-10-6-8-16(22)15(23)4/h5-10,13,15,17H,11-12H2,1-4H3,(H,21,24). The number of rotatable bonds is 3. The molecule has 0 saturated heterocycles. The molecule has 2 aromatic heterocycles. The molecule has 0 aromatic carbocycles. The van der Waals surface area contributed by atoms with Gasteiger partial charge in [-0.1, -0.05) is 19.9 Å². The zero-order chi connectivity index (χ0) is 17.3. The molecule has 0 bridgehead atoms. The van der Waals surface area contributed by atoms with Crippen LogP contribution in [0.1, 0.15) is 49.8 Å². The van der Waals surface area contributed by atoms with Crippen molar-refractivity contribution in [2.24, 2.45) is 5.92 Å². The molecular formula is C19H26N4O. The Kier molecular flexibility index (Phi) is 4.60. The van der Waals surface area contributed by atoms with Gasteiger partial charge < -0.3 is 14.8 Å². The van der Waals surface area contributed by atoms with Crippen LogP contribution >= 0.6 is 0 Å². The maximum absolute atomic E-state index is 12.9. The summed E-state index contributed by atoms with van der Waals surface area (Å²) in [6.07, 6.45) is 3.87. The molecule has 1 N–H and O–H groups in total. The van der Waals surface area contributed by atoms with Crippen molar-refractivity contribution >= 4 is 6.03 Å². The van der Waals surface area contributed by atoms with E-state index in [1.165, 1.54) is 5.69 Å². The third kappa shape index (κ3) is 3.03. The topological polar surface area (TPSA) is 50.2 Å². The molecule has 24 heavy (non-hydrogen) atoms. The van der Waals surface area contributed by atoms with Gasteiger partial charge in [0.05, 0.1) is 17.8 Å². The average Bonchev–Trinajstić information content (AvgIpc) is 3.03. The molecule has 5 nitrogen and oxygen atoms in total. The number of hydrogen-bond donors (Lipinski definition) is 1. The molecule has 2 atom stereocenters. The van der Waals surface area contributed by atoms with Gasteiger partial charge in [0.1, 0.15) is 0 Å². The Balaban J connectivity index is 1.79. The average molecular weight is 326 g/mol. The highest BCUT2D eigenvalue weighted by molar-refractivity contribution is 5.75. The third-order valence-electron chi connectivity index (χ3n) is 4.89. The summed E-state index contributed by atoms with van der Waals surface area (Å²) in [6.45, 7) is 9.92. The van der Waals surface area contributed by atoms with Gasteiger partial charge in [-0.15, -0.1) is 0 Å². The summed E-state index contributed by atoms with van der Waals surface area (Å²) in [5, 5.41) is 3.21. The molecular weight excluding hydrogens is 300 g/mol. The number of nitrogens with one attached hydrogen (secondary N) is 1. The van der Waals surface area contributed by atoms with E-state index >= 15 is 0 Å². The Morgan fingerprint density at radius 3 is 2.79 bits per heavy atom. The van der Waals surface area contributed by atoms with Gasteiger partial charge in [0.2, 0.25) is 0 Å². The predicted octanol–water partition coefficient (Wildman–Crippen LogP) is 3.68. The van der Waals surface area contributed by atoms with Gasteiger partial charge in [-0.3, -0.25) is 4.98 Å². The monoisotopic (exact) mass is 326 g/mol. The van der Waals surface area contributed by atoms with Crippen LogP contribution in [-0.4, -0.2) is 27.0 Å². The molecule has 2 amide bonds. The number of carbonyl (C=O) groups is 1. The second-order valence-electron chi connectivity index (χ2n) is 6.87. The number of urea groups is 1. The lowest BCUT2D eigenvalue weighted by atomic mass is 9.97. The van der Waals surface area contributed by atoms with Crippen LogP contribution in [-0.2, 0) is 6.54 Å². The molecule has 0 aliphatic carbocycles. The summed E-state index contributed by atoms with van der Waals surface area (Å²) in [5.41, 5.74) is 3.25. The van der Waals surface area contributed by atoms with Crippen LogP contribution in [0.2, 0.25) is 0 Å². The van der Waals surface area contributed by atoms with E-state index in [9.17, 15) is 4.79 Å². The van der Waals surface area contributed by atoms with Crippen molar-refractivity contribution in [1.29, 1.82) is 0 Å². The Morgan fingerprint density at radius 2 is 2.08 bits per heavy atom. The number of aryl methyl sites for hydroxylation is 1. The number of fused-ring (bicyclic) bond motifs is 1. The third-order valence-corrected chi connectivity index (χ3v) is 4.89. The van der Waals surface area contributed by atoms with Crippen molar-refractivity contribution < 1.29 is 4.79 Å². The van der Waals surface area contributed by atoms with E-state index in [0.29, 0.717) is 0 Å². The number of nitrogens with zero attached hydrogens (tertiary/aromatic N) is 3. The highest BCUT2D eigenvalue weighted by Crippen LogP contribution is 2.27. The van der Waals surface area contributed by atoms with Gasteiger partial charge in [-0.2, -0.15) is 0 Å². The molecule has 128 valence electrons. The first-order valence-corrected chi connectivity index (χ1v) is 8.62. The number of carbonyl (C=O) groups excluding carboxylic acids is 1. The molecule has 0 saturated carbocycles. The van der Waals surface area contributed by atoms with Crippen LogP contribution in [0, 0.1) is 12.8 Å². The van der Waals surface area contributed by atoms with Gasteiger partial charge in [-0.25, -0.2) is 4.79 Å². The maximum atomic E-state index is 12.9. The van der Waals surface area contributed by atoms with Crippen molar-refractivity contribution in [2.75, 3.05) is 6.54 Å². The summed E-state index contributed by atoms with van der Waals surface area (Å²) < 4.78 is 2.22. The van der Waals surface area contributed by atoms with Crippen molar-refractivity contribution in [1.82, 2.24) is 19.8 Å². The summed E-state index contributed by atoms with van der Waals surface area (Å²) >= 11 is 0. The zero-order valence-electron chi connectivity index (χ0n) is 14.9. The highest BCUT2D eigenvalue weighted by atomic mass is 16.2. The lowest BCUT2D eigenvalue weighted by Gasteiger charge is -2.36. The van der Waals surface area contributed by atoms with E-state index in [2.05, 4.69) is 47.9 Å². The summed E-state index contributed by atoms with van der Waals surface area (Å²) in [6, 6.07) is 8.08. The first-order valence-electron chi connectivity index (χ1n) is 8.62. The normalized spacial score (nSPS) is 18.4. The Morgan fingerprint density at radius 1 is 1.29 bits per heavy atom. The number of pyridine rings is 1. The highest BCUT2D eigenvalue weighted by Gasteiger charge is 2.30. The minimum absolute atomic E-state index is 0.0151. The fourth-order valence-corrected chi connectivity index (χ4v) is 3.45. The van der Waals surface area contributed by atoms with E-state index in [1.54, 1.807) is 6.20 Å². The fraction of sp³-hybridized carbons (Fsp3) is 0.474. The SMILES string of the molecule is Cc1cccnc1C(NC(=O)N1CCn2cccc2C1C)C(C)C. The van der Waals surface area contributed by atoms with Crippen molar-refractivity contribution in [3.8, 4) is 0 Å². The molecule has 2 unspecified atom stereocenters. The minimum atomic E-state index is -0.0837. The second kappa shape index (κ2) is 6.67. The number of aromatic nitrogens is 2. The van der Waals surface area contributed by atoms with Crippen molar-refractivity contribution in [3.05, 3.63) is 53.6 Å². The zero-order valence-corrected chi connectivity index (χ0v) is 14.9. The predicted molar refractivity (Wildman–Crippen MR) is 94.6 cm³/mol. The molecule has 2 aromatic rings.